The van der Waals surface area contributed by atoms with Crippen molar-refractivity contribution in [3.8, 4) is 0 Å². The summed E-state index contributed by atoms with van der Waals surface area (Å²) in [6.45, 7) is 1.86. The van der Waals surface area contributed by atoms with Crippen molar-refractivity contribution in [1.82, 2.24) is 15.3 Å². The van der Waals surface area contributed by atoms with Gasteiger partial charge in [-0.1, -0.05) is 12.8 Å². The highest BCUT2D eigenvalue weighted by molar-refractivity contribution is 5.76. The molecule has 0 atom stereocenters. The van der Waals surface area contributed by atoms with Gasteiger partial charge in [0.05, 0.1) is 0 Å². The van der Waals surface area contributed by atoms with Crippen molar-refractivity contribution in [2.24, 2.45) is 5.92 Å². The van der Waals surface area contributed by atoms with E-state index in [1.54, 1.807) is 0 Å². The third-order valence-electron chi connectivity index (χ3n) is 5.18. The van der Waals surface area contributed by atoms with Gasteiger partial charge in [0.25, 0.3) is 0 Å². The zero-order chi connectivity index (χ0) is 16.9. The standard InChI is InChI=1S/C18H29N5O/c1-22(2)16-7-10-19-18(21-16)23-11-8-14(9-12-23)13-17(24)20-15-5-3-4-6-15/h7,10,14-15H,3-6,8-9,11-13H2,1-2H3,(H,20,24). The molecule has 1 aliphatic heterocycles. The van der Waals surface area contributed by atoms with Crippen molar-refractivity contribution in [2.45, 2.75) is 51.0 Å². The first-order chi connectivity index (χ1) is 11.6. The molecule has 1 saturated heterocycles. The second-order valence-electron chi connectivity index (χ2n) is 7.29. The lowest BCUT2D eigenvalue weighted by Crippen LogP contribution is -2.38. The van der Waals surface area contributed by atoms with E-state index < -0.39 is 0 Å². The molecule has 24 heavy (non-hydrogen) atoms. The van der Waals surface area contributed by atoms with Gasteiger partial charge in [-0.05, 0) is 37.7 Å². The highest BCUT2D eigenvalue weighted by atomic mass is 16.1. The molecule has 2 heterocycles. The fourth-order valence-electron chi connectivity index (χ4n) is 3.70. The number of amides is 1. The van der Waals surface area contributed by atoms with E-state index in [0.29, 0.717) is 18.4 Å². The summed E-state index contributed by atoms with van der Waals surface area (Å²) >= 11 is 0. The number of hydrogen-bond donors (Lipinski definition) is 1. The Hall–Kier alpha value is -1.85. The van der Waals surface area contributed by atoms with Crippen molar-refractivity contribution in [1.29, 1.82) is 0 Å². The molecule has 1 N–H and O–H groups in total. The first kappa shape index (κ1) is 17.0. The van der Waals surface area contributed by atoms with E-state index in [9.17, 15) is 4.79 Å². The average molecular weight is 331 g/mol. The average Bonchev–Trinajstić information content (AvgIpc) is 3.08. The van der Waals surface area contributed by atoms with E-state index in [2.05, 4.69) is 20.2 Å². The molecule has 1 aromatic rings. The molecule has 1 amide bonds. The normalized spacial score (nSPS) is 19.5. The maximum absolute atomic E-state index is 12.2. The Balaban J connectivity index is 1.47. The van der Waals surface area contributed by atoms with Crippen LogP contribution in [0.5, 0.6) is 0 Å². The Bertz CT molecular complexity index is 548. The quantitative estimate of drug-likeness (QED) is 0.896. The van der Waals surface area contributed by atoms with Gasteiger partial charge in [0.2, 0.25) is 11.9 Å². The van der Waals surface area contributed by atoms with Crippen molar-refractivity contribution in [3.63, 3.8) is 0 Å². The highest BCUT2D eigenvalue weighted by Gasteiger charge is 2.24. The Morgan fingerprint density at radius 1 is 1.25 bits per heavy atom. The summed E-state index contributed by atoms with van der Waals surface area (Å²) in [5, 5.41) is 3.21. The SMILES string of the molecule is CN(C)c1ccnc(N2CCC(CC(=O)NC3CCCC3)CC2)n1. The van der Waals surface area contributed by atoms with Crippen molar-refractivity contribution in [3.05, 3.63) is 12.3 Å². The van der Waals surface area contributed by atoms with Crippen LogP contribution < -0.4 is 15.1 Å². The third-order valence-corrected chi connectivity index (χ3v) is 5.18. The zero-order valence-electron chi connectivity index (χ0n) is 14.9. The minimum atomic E-state index is 0.242. The van der Waals surface area contributed by atoms with Crippen LogP contribution in [0.3, 0.4) is 0 Å². The molecule has 6 nitrogen and oxygen atoms in total. The number of nitrogens with zero attached hydrogens (tertiary/aromatic N) is 4. The minimum Gasteiger partial charge on any atom is -0.363 e. The topological polar surface area (TPSA) is 61.4 Å². The summed E-state index contributed by atoms with van der Waals surface area (Å²) in [5.74, 6) is 2.46. The Morgan fingerprint density at radius 2 is 1.96 bits per heavy atom. The van der Waals surface area contributed by atoms with Crippen molar-refractivity contribution in [2.75, 3.05) is 37.0 Å². The number of anilines is 2. The zero-order valence-corrected chi connectivity index (χ0v) is 14.9. The van der Waals surface area contributed by atoms with E-state index in [1.165, 1.54) is 12.8 Å². The maximum Gasteiger partial charge on any atom is 0.227 e. The van der Waals surface area contributed by atoms with E-state index in [0.717, 1.165) is 50.5 Å². The smallest absolute Gasteiger partial charge is 0.227 e. The van der Waals surface area contributed by atoms with Crippen LogP contribution in [-0.4, -0.2) is 49.1 Å². The predicted octanol–water partition coefficient (Wildman–Crippen LogP) is 2.21. The van der Waals surface area contributed by atoms with Crippen LogP contribution in [0.4, 0.5) is 11.8 Å². The van der Waals surface area contributed by atoms with Crippen LogP contribution >= 0.6 is 0 Å². The molecule has 0 aromatic carbocycles. The van der Waals surface area contributed by atoms with Gasteiger partial charge >= 0.3 is 0 Å². The molecule has 1 saturated carbocycles. The van der Waals surface area contributed by atoms with Crippen molar-refractivity contribution < 1.29 is 4.79 Å². The van der Waals surface area contributed by atoms with Gasteiger partial charge in [-0.25, -0.2) is 4.98 Å². The molecule has 6 heteroatoms. The van der Waals surface area contributed by atoms with Crippen LogP contribution in [0.1, 0.15) is 44.9 Å². The molecule has 0 bridgehead atoms. The maximum atomic E-state index is 12.2. The summed E-state index contributed by atoms with van der Waals surface area (Å²) in [5.41, 5.74) is 0. The van der Waals surface area contributed by atoms with Crippen LogP contribution in [0.25, 0.3) is 0 Å². The largest absolute Gasteiger partial charge is 0.363 e. The molecule has 2 aliphatic rings. The van der Waals surface area contributed by atoms with E-state index >= 15 is 0 Å². The number of rotatable bonds is 5. The summed E-state index contributed by atoms with van der Waals surface area (Å²) in [7, 11) is 3.97. The molecular formula is C18H29N5O. The summed E-state index contributed by atoms with van der Waals surface area (Å²) in [6, 6.07) is 2.35. The number of piperidine rings is 1. The van der Waals surface area contributed by atoms with Crippen LogP contribution in [0.15, 0.2) is 12.3 Å². The van der Waals surface area contributed by atoms with E-state index in [-0.39, 0.29) is 5.91 Å². The molecular weight excluding hydrogens is 302 g/mol. The lowest BCUT2D eigenvalue weighted by molar-refractivity contribution is -0.122. The molecule has 3 rings (SSSR count). The minimum absolute atomic E-state index is 0.242. The molecule has 1 aliphatic carbocycles. The number of hydrogen-bond acceptors (Lipinski definition) is 5. The molecule has 0 unspecified atom stereocenters. The van der Waals surface area contributed by atoms with Gasteiger partial charge in [-0.2, -0.15) is 4.98 Å². The Morgan fingerprint density at radius 3 is 2.62 bits per heavy atom. The van der Waals surface area contributed by atoms with Gasteiger partial charge in [0, 0.05) is 45.8 Å². The second kappa shape index (κ2) is 7.81. The molecule has 1 aromatic heterocycles. The van der Waals surface area contributed by atoms with E-state index in [1.807, 2.05) is 31.3 Å². The summed E-state index contributed by atoms with van der Waals surface area (Å²) in [4.78, 5) is 25.4. The van der Waals surface area contributed by atoms with Crippen LogP contribution in [-0.2, 0) is 4.79 Å². The summed E-state index contributed by atoms with van der Waals surface area (Å²) < 4.78 is 0. The molecule has 2 fully saturated rings. The van der Waals surface area contributed by atoms with Crippen LogP contribution in [0, 0.1) is 5.92 Å². The summed E-state index contributed by atoms with van der Waals surface area (Å²) in [6.07, 6.45) is 9.39. The first-order valence-corrected chi connectivity index (χ1v) is 9.16. The fraction of sp³-hybridized carbons (Fsp3) is 0.722. The number of carbonyl (C=O) groups excluding carboxylic acids is 1. The van der Waals surface area contributed by atoms with Gasteiger partial charge < -0.3 is 15.1 Å². The van der Waals surface area contributed by atoms with Gasteiger partial charge in [0.15, 0.2) is 0 Å². The molecule has 132 valence electrons. The lowest BCUT2D eigenvalue weighted by atomic mass is 9.93. The number of aromatic nitrogens is 2. The highest BCUT2D eigenvalue weighted by Crippen LogP contribution is 2.24. The first-order valence-electron chi connectivity index (χ1n) is 9.16. The monoisotopic (exact) mass is 331 g/mol. The lowest BCUT2D eigenvalue weighted by Gasteiger charge is -2.32. The second-order valence-corrected chi connectivity index (χ2v) is 7.29. The molecule has 0 spiro atoms. The fourth-order valence-corrected chi connectivity index (χ4v) is 3.70. The Kier molecular flexibility index (Phi) is 5.53. The number of nitrogens with one attached hydrogen (secondary N) is 1. The van der Waals surface area contributed by atoms with E-state index in [4.69, 9.17) is 0 Å². The van der Waals surface area contributed by atoms with Gasteiger partial charge in [-0.3, -0.25) is 4.79 Å². The third kappa shape index (κ3) is 4.36. The Labute approximate surface area is 144 Å². The number of carbonyl (C=O) groups is 1. The van der Waals surface area contributed by atoms with Gasteiger partial charge in [-0.15, -0.1) is 0 Å². The van der Waals surface area contributed by atoms with Crippen LogP contribution in [0.2, 0.25) is 0 Å². The molecule has 0 radical (unpaired) electrons. The van der Waals surface area contributed by atoms with Gasteiger partial charge in [0.1, 0.15) is 5.82 Å². The predicted molar refractivity (Wildman–Crippen MR) is 96.3 cm³/mol. The van der Waals surface area contributed by atoms with Crippen molar-refractivity contribution >= 4 is 17.7 Å².